The molecule has 1 unspecified atom stereocenters. The normalized spacial score (nSPS) is 12.5. The maximum atomic E-state index is 12.1. The van der Waals surface area contributed by atoms with E-state index in [-0.39, 0.29) is 17.7 Å². The quantitative estimate of drug-likeness (QED) is 0.843. The topological polar surface area (TPSA) is 49.3 Å². The van der Waals surface area contributed by atoms with E-state index in [0.717, 1.165) is 12.0 Å². The lowest BCUT2D eigenvalue weighted by Gasteiger charge is -2.21. The van der Waals surface area contributed by atoms with Crippen molar-refractivity contribution >= 4 is 5.91 Å². The number of phenols is 1. The molecule has 2 N–H and O–H groups in total. The first-order chi connectivity index (χ1) is 7.95. The fourth-order valence-corrected chi connectivity index (χ4v) is 1.89. The van der Waals surface area contributed by atoms with Crippen molar-refractivity contribution in [3.05, 3.63) is 29.3 Å². The third-order valence-electron chi connectivity index (χ3n) is 3.02. The van der Waals surface area contributed by atoms with Gasteiger partial charge in [0, 0.05) is 11.6 Å². The molecule has 0 saturated heterocycles. The van der Waals surface area contributed by atoms with Gasteiger partial charge in [-0.15, -0.1) is 0 Å². The van der Waals surface area contributed by atoms with E-state index < -0.39 is 0 Å². The molecular formula is C14H21NO2. The minimum Gasteiger partial charge on any atom is -0.508 e. The molecule has 94 valence electrons. The summed E-state index contributed by atoms with van der Waals surface area (Å²) < 4.78 is 0. The number of aryl methyl sites for hydroxylation is 1. The molecule has 0 spiro atoms. The Labute approximate surface area is 103 Å². The van der Waals surface area contributed by atoms with Gasteiger partial charge in [0.2, 0.25) is 0 Å². The molecular weight excluding hydrogens is 214 g/mol. The zero-order valence-corrected chi connectivity index (χ0v) is 10.9. The van der Waals surface area contributed by atoms with E-state index in [4.69, 9.17) is 0 Å². The number of hydrogen-bond acceptors (Lipinski definition) is 2. The molecule has 0 heterocycles. The van der Waals surface area contributed by atoms with Crippen LogP contribution in [0, 0.1) is 12.8 Å². The number of carbonyl (C=O) groups excluding carboxylic acids is 1. The van der Waals surface area contributed by atoms with E-state index in [2.05, 4.69) is 26.1 Å². The second kappa shape index (κ2) is 5.71. The van der Waals surface area contributed by atoms with Crippen molar-refractivity contribution in [2.24, 2.45) is 5.92 Å². The van der Waals surface area contributed by atoms with Crippen molar-refractivity contribution in [1.29, 1.82) is 0 Å². The number of phenolic OH excluding ortho intramolecular Hbond substituents is 1. The van der Waals surface area contributed by atoms with E-state index in [0.29, 0.717) is 11.5 Å². The summed E-state index contributed by atoms with van der Waals surface area (Å²) in [6, 6.07) is 4.99. The monoisotopic (exact) mass is 235 g/mol. The minimum absolute atomic E-state index is 0.0666. The summed E-state index contributed by atoms with van der Waals surface area (Å²) in [4.78, 5) is 12.1. The van der Waals surface area contributed by atoms with Crippen LogP contribution in [0.3, 0.4) is 0 Å². The first-order valence-electron chi connectivity index (χ1n) is 6.06. The number of hydrogen-bond donors (Lipinski definition) is 2. The Hall–Kier alpha value is -1.51. The lowest BCUT2D eigenvalue weighted by molar-refractivity contribution is 0.0924. The molecule has 0 fully saturated rings. The van der Waals surface area contributed by atoms with Gasteiger partial charge in [0.05, 0.1) is 0 Å². The second-order valence-electron chi connectivity index (χ2n) is 4.73. The average Bonchev–Trinajstić information content (AvgIpc) is 2.24. The Kier molecular flexibility index (Phi) is 4.55. The van der Waals surface area contributed by atoms with Gasteiger partial charge in [-0.25, -0.2) is 0 Å². The predicted molar refractivity (Wildman–Crippen MR) is 69.2 cm³/mol. The Morgan fingerprint density at radius 1 is 1.41 bits per heavy atom. The fourth-order valence-electron chi connectivity index (χ4n) is 1.89. The van der Waals surface area contributed by atoms with Crippen LogP contribution < -0.4 is 5.32 Å². The highest BCUT2D eigenvalue weighted by Gasteiger charge is 2.16. The molecule has 0 bridgehead atoms. The van der Waals surface area contributed by atoms with Gasteiger partial charge in [0.15, 0.2) is 0 Å². The molecule has 3 nitrogen and oxygen atoms in total. The number of benzene rings is 1. The molecule has 1 aromatic carbocycles. The molecule has 3 heteroatoms. The van der Waals surface area contributed by atoms with E-state index in [1.165, 1.54) is 6.07 Å². The maximum absolute atomic E-state index is 12.1. The SMILES string of the molecule is CCC(NC(=O)c1ccc(O)cc1C)C(C)C. The first kappa shape index (κ1) is 13.6. The highest BCUT2D eigenvalue weighted by molar-refractivity contribution is 5.95. The van der Waals surface area contributed by atoms with Crippen molar-refractivity contribution in [2.45, 2.75) is 40.2 Å². The van der Waals surface area contributed by atoms with E-state index in [1.54, 1.807) is 12.1 Å². The molecule has 0 aliphatic heterocycles. The molecule has 0 aromatic heterocycles. The second-order valence-corrected chi connectivity index (χ2v) is 4.73. The van der Waals surface area contributed by atoms with Crippen LogP contribution in [0.1, 0.15) is 43.1 Å². The molecule has 0 radical (unpaired) electrons. The average molecular weight is 235 g/mol. The van der Waals surface area contributed by atoms with Crippen molar-refractivity contribution < 1.29 is 9.90 Å². The van der Waals surface area contributed by atoms with Crippen LogP contribution in [-0.2, 0) is 0 Å². The largest absolute Gasteiger partial charge is 0.508 e. The lowest BCUT2D eigenvalue weighted by atomic mass is 10.0. The molecule has 1 aromatic rings. The van der Waals surface area contributed by atoms with E-state index in [9.17, 15) is 9.90 Å². The highest BCUT2D eigenvalue weighted by atomic mass is 16.3. The molecule has 1 atom stereocenters. The van der Waals surface area contributed by atoms with Crippen LogP contribution in [0.5, 0.6) is 5.75 Å². The van der Waals surface area contributed by atoms with Crippen LogP contribution in [0.25, 0.3) is 0 Å². The summed E-state index contributed by atoms with van der Waals surface area (Å²) in [5.41, 5.74) is 1.42. The summed E-state index contributed by atoms with van der Waals surface area (Å²) >= 11 is 0. The van der Waals surface area contributed by atoms with Gasteiger partial charge in [-0.05, 0) is 43.0 Å². The Balaban J connectivity index is 2.82. The highest BCUT2D eigenvalue weighted by Crippen LogP contribution is 2.16. The summed E-state index contributed by atoms with van der Waals surface area (Å²) in [6.07, 6.45) is 0.917. The summed E-state index contributed by atoms with van der Waals surface area (Å²) in [5.74, 6) is 0.541. The number of nitrogens with one attached hydrogen (secondary N) is 1. The summed E-state index contributed by atoms with van der Waals surface area (Å²) in [6.45, 7) is 8.08. The Morgan fingerprint density at radius 3 is 2.53 bits per heavy atom. The third-order valence-corrected chi connectivity index (χ3v) is 3.02. The van der Waals surface area contributed by atoms with Crippen LogP contribution in [0.4, 0.5) is 0 Å². The van der Waals surface area contributed by atoms with Gasteiger partial charge >= 0.3 is 0 Å². The van der Waals surface area contributed by atoms with E-state index in [1.807, 2.05) is 6.92 Å². The zero-order valence-electron chi connectivity index (χ0n) is 10.9. The molecule has 0 aliphatic carbocycles. The summed E-state index contributed by atoms with van der Waals surface area (Å²) in [7, 11) is 0. The van der Waals surface area contributed by atoms with Gasteiger partial charge in [0.25, 0.3) is 5.91 Å². The number of aromatic hydroxyl groups is 1. The van der Waals surface area contributed by atoms with Crippen molar-refractivity contribution in [1.82, 2.24) is 5.32 Å². The molecule has 17 heavy (non-hydrogen) atoms. The van der Waals surface area contributed by atoms with Gasteiger partial charge < -0.3 is 10.4 Å². The fraction of sp³-hybridized carbons (Fsp3) is 0.500. The van der Waals surface area contributed by atoms with Crippen LogP contribution in [-0.4, -0.2) is 17.1 Å². The van der Waals surface area contributed by atoms with Crippen LogP contribution in [0.15, 0.2) is 18.2 Å². The van der Waals surface area contributed by atoms with Gasteiger partial charge in [-0.3, -0.25) is 4.79 Å². The number of carbonyl (C=O) groups is 1. The molecule has 0 saturated carbocycles. The van der Waals surface area contributed by atoms with Crippen molar-refractivity contribution in [2.75, 3.05) is 0 Å². The Morgan fingerprint density at radius 2 is 2.06 bits per heavy atom. The third kappa shape index (κ3) is 3.48. The standard InChI is InChI=1S/C14H21NO2/c1-5-13(9(2)3)15-14(17)12-7-6-11(16)8-10(12)4/h6-9,13,16H,5H2,1-4H3,(H,15,17). The summed E-state index contributed by atoms with van der Waals surface area (Å²) in [5, 5.41) is 12.3. The maximum Gasteiger partial charge on any atom is 0.251 e. The smallest absolute Gasteiger partial charge is 0.251 e. The Bertz CT molecular complexity index is 399. The van der Waals surface area contributed by atoms with Gasteiger partial charge in [-0.2, -0.15) is 0 Å². The number of rotatable bonds is 4. The molecule has 1 amide bonds. The predicted octanol–water partition coefficient (Wildman–Crippen LogP) is 2.87. The first-order valence-corrected chi connectivity index (χ1v) is 6.06. The van der Waals surface area contributed by atoms with Crippen molar-refractivity contribution in [3.63, 3.8) is 0 Å². The number of amides is 1. The molecule has 1 rings (SSSR count). The zero-order chi connectivity index (χ0) is 13.0. The van der Waals surface area contributed by atoms with Gasteiger partial charge in [-0.1, -0.05) is 20.8 Å². The lowest BCUT2D eigenvalue weighted by Crippen LogP contribution is -2.38. The van der Waals surface area contributed by atoms with Crippen LogP contribution >= 0.6 is 0 Å². The van der Waals surface area contributed by atoms with Crippen LogP contribution in [0.2, 0.25) is 0 Å². The molecule has 0 aliphatic rings. The van der Waals surface area contributed by atoms with Crippen molar-refractivity contribution in [3.8, 4) is 5.75 Å². The minimum atomic E-state index is -0.0666. The van der Waals surface area contributed by atoms with E-state index >= 15 is 0 Å². The van der Waals surface area contributed by atoms with Gasteiger partial charge in [0.1, 0.15) is 5.75 Å².